The molecule has 0 fully saturated rings. The molecule has 0 amide bonds. The van der Waals surface area contributed by atoms with Gasteiger partial charge in [0.2, 0.25) is 0 Å². The Labute approximate surface area is 110 Å². The smallest absolute Gasteiger partial charge is 0.337 e. The monoisotopic (exact) mass is 248 g/mol. The van der Waals surface area contributed by atoms with E-state index in [9.17, 15) is 5.26 Å². The Hall–Kier alpha value is -1.31. The lowest BCUT2D eigenvalue weighted by atomic mass is 9.68. The van der Waals surface area contributed by atoms with Gasteiger partial charge < -0.3 is 5.26 Å². The minimum absolute atomic E-state index is 0.135. The van der Waals surface area contributed by atoms with Gasteiger partial charge in [-0.25, -0.2) is 0 Å². The summed E-state index contributed by atoms with van der Waals surface area (Å²) in [6.45, 7) is 10.4. The first-order chi connectivity index (χ1) is 8.45. The van der Waals surface area contributed by atoms with Crippen LogP contribution in [0.4, 0.5) is 0 Å². The second kappa shape index (κ2) is 6.03. The lowest BCUT2D eigenvalue weighted by molar-refractivity contribution is -1.05. The fourth-order valence-corrected chi connectivity index (χ4v) is 2.97. The van der Waals surface area contributed by atoms with Crippen LogP contribution in [0.15, 0.2) is 30.3 Å². The predicted octanol–water partition coefficient (Wildman–Crippen LogP) is 3.24. The van der Waals surface area contributed by atoms with E-state index in [-0.39, 0.29) is 11.3 Å². The van der Waals surface area contributed by atoms with Crippen LogP contribution in [0.25, 0.3) is 0 Å². The minimum atomic E-state index is -0.258. The van der Waals surface area contributed by atoms with E-state index in [2.05, 4.69) is 37.5 Å². The number of ketones is 1. The van der Waals surface area contributed by atoms with E-state index in [0.717, 1.165) is 6.42 Å². The van der Waals surface area contributed by atoms with Crippen LogP contribution in [0, 0.1) is 11.3 Å². The highest BCUT2D eigenvalue weighted by Crippen LogP contribution is 2.40. The Balaban J connectivity index is 3.15. The molecule has 0 N–H and O–H groups in total. The van der Waals surface area contributed by atoms with Crippen LogP contribution < -0.4 is 5.26 Å². The normalized spacial score (nSPS) is 14.9. The molecular formula is C16H24O2. The number of benzene rings is 1. The van der Waals surface area contributed by atoms with Crippen LogP contribution in [0.5, 0.6) is 0 Å². The van der Waals surface area contributed by atoms with Gasteiger partial charge in [0.15, 0.2) is 0 Å². The lowest BCUT2D eigenvalue weighted by Crippen LogP contribution is -2.37. The van der Waals surface area contributed by atoms with E-state index < -0.39 is 0 Å². The van der Waals surface area contributed by atoms with Crippen LogP contribution in [0.3, 0.4) is 0 Å². The summed E-state index contributed by atoms with van der Waals surface area (Å²) in [5.41, 5.74) is 1.01. The van der Waals surface area contributed by atoms with Crippen molar-refractivity contribution in [2.45, 2.75) is 47.0 Å². The van der Waals surface area contributed by atoms with E-state index >= 15 is 0 Å². The van der Waals surface area contributed by atoms with Crippen LogP contribution in [0.1, 0.15) is 52.5 Å². The molecule has 0 saturated carbocycles. The molecule has 0 aromatic heterocycles. The van der Waals surface area contributed by atoms with Crippen molar-refractivity contribution < 1.29 is 9.83 Å². The summed E-state index contributed by atoms with van der Waals surface area (Å²) >= 11 is 0. The molecule has 1 atom stereocenters. The van der Waals surface area contributed by atoms with Crippen molar-refractivity contribution in [3.8, 4) is 0 Å². The van der Waals surface area contributed by atoms with Crippen molar-refractivity contribution in [1.29, 1.82) is 0 Å². The van der Waals surface area contributed by atoms with Gasteiger partial charge in [0, 0.05) is 5.92 Å². The highest BCUT2D eigenvalue weighted by molar-refractivity contribution is 5.87. The molecule has 1 aromatic rings. The van der Waals surface area contributed by atoms with E-state index in [0.29, 0.717) is 11.7 Å². The molecule has 100 valence electrons. The fraction of sp³-hybridized carbons (Fsp3) is 0.562. The summed E-state index contributed by atoms with van der Waals surface area (Å²) in [6.07, 6.45) is 0.983. The lowest BCUT2D eigenvalue weighted by Gasteiger charge is -2.31. The highest BCUT2D eigenvalue weighted by Gasteiger charge is 2.43. The molecule has 0 saturated heterocycles. The van der Waals surface area contributed by atoms with Crippen LogP contribution in [0.2, 0.25) is 0 Å². The zero-order chi connectivity index (χ0) is 13.8. The van der Waals surface area contributed by atoms with Crippen LogP contribution >= 0.6 is 0 Å². The number of rotatable bonds is 5. The summed E-state index contributed by atoms with van der Waals surface area (Å²) in [4.78, 5) is 0. The molecule has 2 heteroatoms. The largest absolute Gasteiger partial charge is 0.463 e. The molecule has 18 heavy (non-hydrogen) atoms. The molecule has 0 bridgehead atoms. The molecule has 2 nitrogen and oxygen atoms in total. The summed E-state index contributed by atoms with van der Waals surface area (Å²) in [7, 11) is 0. The molecule has 0 radical (unpaired) electrons. The molecule has 1 unspecified atom stereocenters. The van der Waals surface area contributed by atoms with Gasteiger partial charge >= 0.3 is 5.78 Å². The van der Waals surface area contributed by atoms with Gasteiger partial charge in [0.25, 0.3) is 0 Å². The molecule has 0 aliphatic carbocycles. The summed E-state index contributed by atoms with van der Waals surface area (Å²) in [5.74, 6) is 1.07. The standard InChI is InChI=1S/C16H24O2/c1-6-14(13-10-8-7-9-11-13)16(4,5)15(18-17)12(2)3/h7-12,14H,6H2,1-5H3. The van der Waals surface area contributed by atoms with E-state index in [1.807, 2.05) is 32.0 Å². The zero-order valence-corrected chi connectivity index (χ0v) is 12.1. The third-order valence-electron chi connectivity index (χ3n) is 3.73. The summed E-state index contributed by atoms with van der Waals surface area (Å²) in [6, 6.07) is 10.3. The van der Waals surface area contributed by atoms with Crippen molar-refractivity contribution in [3.63, 3.8) is 0 Å². The van der Waals surface area contributed by atoms with Crippen LogP contribution in [-0.4, -0.2) is 5.78 Å². The number of hydrogen-bond acceptors (Lipinski definition) is 1. The Morgan fingerprint density at radius 2 is 1.78 bits per heavy atom. The van der Waals surface area contributed by atoms with Crippen molar-refractivity contribution in [2.75, 3.05) is 0 Å². The maximum atomic E-state index is 11.0. The summed E-state index contributed by atoms with van der Waals surface area (Å²) < 4.78 is 4.45. The molecule has 0 aliphatic heterocycles. The van der Waals surface area contributed by atoms with Gasteiger partial charge in [0.1, 0.15) is 0 Å². The first-order valence-corrected chi connectivity index (χ1v) is 6.67. The van der Waals surface area contributed by atoms with E-state index in [4.69, 9.17) is 0 Å². The van der Waals surface area contributed by atoms with Crippen LogP contribution in [-0.2, 0) is 4.58 Å². The van der Waals surface area contributed by atoms with E-state index in [1.165, 1.54) is 5.56 Å². The zero-order valence-electron chi connectivity index (χ0n) is 12.1. The Bertz CT molecular complexity index is 391. The number of carbonyl (C=O) groups excluding carboxylic acids is 1. The van der Waals surface area contributed by atoms with Gasteiger partial charge in [0.05, 0.1) is 11.3 Å². The fourth-order valence-electron chi connectivity index (χ4n) is 2.97. The Morgan fingerprint density at radius 3 is 2.17 bits per heavy atom. The SMILES string of the molecule is CCC(c1ccccc1)C(C)(C)C(=[O+][O-])C(C)C. The average Bonchev–Trinajstić information content (AvgIpc) is 2.30. The molecule has 0 aliphatic rings. The first-order valence-electron chi connectivity index (χ1n) is 6.67. The topological polar surface area (TPSA) is 34.4 Å². The van der Waals surface area contributed by atoms with Gasteiger partial charge in [-0.2, -0.15) is 4.58 Å². The molecule has 1 rings (SSSR count). The van der Waals surface area contributed by atoms with Gasteiger partial charge in [-0.1, -0.05) is 51.1 Å². The highest BCUT2D eigenvalue weighted by atomic mass is 17.1. The maximum absolute atomic E-state index is 11.0. The quantitative estimate of drug-likeness (QED) is 0.447. The second-order valence-corrected chi connectivity index (χ2v) is 5.70. The predicted molar refractivity (Wildman–Crippen MR) is 73.1 cm³/mol. The molecule has 0 spiro atoms. The number of hydrogen-bond donors (Lipinski definition) is 0. The Morgan fingerprint density at radius 1 is 1.22 bits per heavy atom. The molecule has 1 aromatic carbocycles. The van der Waals surface area contributed by atoms with Gasteiger partial charge in [-0.15, -0.1) is 0 Å². The van der Waals surface area contributed by atoms with Crippen molar-refractivity contribution in [1.82, 2.24) is 0 Å². The third kappa shape index (κ3) is 2.92. The molecular weight excluding hydrogens is 224 g/mol. The first kappa shape index (κ1) is 14.7. The maximum Gasteiger partial charge on any atom is 0.337 e. The Kier molecular flexibility index (Phi) is 4.94. The molecule has 0 heterocycles. The van der Waals surface area contributed by atoms with Crippen molar-refractivity contribution >= 4 is 5.78 Å². The summed E-state index contributed by atoms with van der Waals surface area (Å²) in [5, 5.41) is 11.0. The second-order valence-electron chi connectivity index (χ2n) is 5.70. The van der Waals surface area contributed by atoms with Gasteiger partial charge in [-0.3, -0.25) is 0 Å². The average molecular weight is 248 g/mol. The minimum Gasteiger partial charge on any atom is -0.463 e. The van der Waals surface area contributed by atoms with E-state index in [1.54, 1.807) is 0 Å². The van der Waals surface area contributed by atoms with Gasteiger partial charge in [-0.05, 0) is 25.8 Å². The van der Waals surface area contributed by atoms with Crippen molar-refractivity contribution in [2.24, 2.45) is 11.3 Å². The van der Waals surface area contributed by atoms with Crippen molar-refractivity contribution in [3.05, 3.63) is 35.9 Å². The third-order valence-corrected chi connectivity index (χ3v) is 3.73.